The molecular weight excluding hydrogens is 319 g/mol. The predicted octanol–water partition coefficient (Wildman–Crippen LogP) is 3.15. The van der Waals surface area contributed by atoms with E-state index in [1.54, 1.807) is 0 Å². The van der Waals surface area contributed by atoms with Crippen molar-refractivity contribution in [3.05, 3.63) is 34.7 Å². The number of pyridine rings is 1. The molecule has 0 aliphatic rings. The summed E-state index contributed by atoms with van der Waals surface area (Å²) in [6, 6.07) is 2.60. The highest BCUT2D eigenvalue weighted by Crippen LogP contribution is 2.32. The fourth-order valence-corrected chi connectivity index (χ4v) is 1.97. The van der Waals surface area contributed by atoms with E-state index in [0.29, 0.717) is 0 Å². The van der Waals surface area contributed by atoms with Crippen molar-refractivity contribution >= 4 is 23.2 Å². The fraction of sp³-hybridized carbons (Fsp3) is 0.286. The summed E-state index contributed by atoms with van der Waals surface area (Å²) in [4.78, 5) is 15.7. The molecule has 4 nitrogen and oxygen atoms in total. The molecule has 1 amide bonds. The lowest BCUT2D eigenvalue weighted by atomic mass is 10.1. The lowest BCUT2D eigenvalue weighted by Crippen LogP contribution is -2.43. The van der Waals surface area contributed by atoms with Gasteiger partial charge in [0.05, 0.1) is 5.54 Å². The third kappa shape index (κ3) is 3.02. The Morgan fingerprint density at radius 3 is 2.64 bits per heavy atom. The van der Waals surface area contributed by atoms with E-state index in [9.17, 15) is 18.0 Å². The van der Waals surface area contributed by atoms with Crippen molar-refractivity contribution in [2.45, 2.75) is 25.6 Å². The van der Waals surface area contributed by atoms with Gasteiger partial charge in [-0.1, -0.05) is 17.5 Å². The van der Waals surface area contributed by atoms with Crippen LogP contribution in [-0.4, -0.2) is 20.8 Å². The van der Waals surface area contributed by atoms with Crippen molar-refractivity contribution < 1.29 is 18.0 Å². The number of aromatic nitrogens is 2. The van der Waals surface area contributed by atoms with Gasteiger partial charge in [-0.15, -0.1) is 6.42 Å². The van der Waals surface area contributed by atoms with Gasteiger partial charge in [0.15, 0.2) is 5.69 Å². The van der Waals surface area contributed by atoms with E-state index in [0.717, 1.165) is 4.40 Å². The maximum atomic E-state index is 13.1. The largest absolute Gasteiger partial charge is 0.435 e. The quantitative estimate of drug-likeness (QED) is 0.860. The Bertz CT molecular complexity index is 787. The van der Waals surface area contributed by atoms with Crippen LogP contribution in [0, 0.1) is 12.3 Å². The molecule has 2 aromatic rings. The average molecular weight is 330 g/mol. The van der Waals surface area contributed by atoms with Crippen molar-refractivity contribution in [3.8, 4) is 12.3 Å². The molecule has 1 N–H and O–H groups in total. The number of fused-ring (bicyclic) bond motifs is 1. The second-order valence-corrected chi connectivity index (χ2v) is 5.54. The van der Waals surface area contributed by atoms with Crippen LogP contribution in [0.2, 0.25) is 5.02 Å². The highest BCUT2D eigenvalue weighted by atomic mass is 35.5. The van der Waals surface area contributed by atoms with E-state index in [1.807, 2.05) is 0 Å². The number of imidazole rings is 1. The van der Waals surface area contributed by atoms with E-state index in [-0.39, 0.29) is 10.7 Å². The number of amides is 1. The highest BCUT2D eigenvalue weighted by Gasteiger charge is 2.40. The average Bonchev–Trinajstić information content (AvgIpc) is 2.76. The maximum Gasteiger partial charge on any atom is 0.435 e. The minimum Gasteiger partial charge on any atom is -0.335 e. The number of rotatable bonds is 2. The first-order valence-corrected chi connectivity index (χ1v) is 6.48. The Labute approximate surface area is 129 Å². The van der Waals surface area contributed by atoms with Crippen molar-refractivity contribution in [1.82, 2.24) is 14.7 Å². The first-order chi connectivity index (χ1) is 10.0. The normalized spacial score (nSPS) is 12.2. The summed E-state index contributed by atoms with van der Waals surface area (Å²) in [6.45, 7) is 3.00. The summed E-state index contributed by atoms with van der Waals surface area (Å²) in [5, 5.41) is 2.57. The van der Waals surface area contributed by atoms with Crippen LogP contribution < -0.4 is 5.32 Å². The predicted molar refractivity (Wildman–Crippen MR) is 75.6 cm³/mol. The van der Waals surface area contributed by atoms with Crippen LogP contribution in [0.1, 0.15) is 30.0 Å². The minimum atomic E-state index is -4.79. The molecule has 8 heteroatoms. The molecule has 0 aliphatic heterocycles. The Morgan fingerprint density at radius 1 is 1.45 bits per heavy atom. The topological polar surface area (TPSA) is 46.4 Å². The number of halogens is 4. The standard InChI is InChI=1S/C14H11ClF3N3O/c1-4-13(2,3)20-12(22)10-11(14(16,17)18)19-9-7-8(15)5-6-21(9)10/h1,5-7H,2-3H3,(H,20,22). The smallest absolute Gasteiger partial charge is 0.335 e. The van der Waals surface area contributed by atoms with Gasteiger partial charge in [0, 0.05) is 17.3 Å². The molecule has 0 atom stereocenters. The summed E-state index contributed by atoms with van der Waals surface area (Å²) < 4.78 is 40.4. The maximum absolute atomic E-state index is 13.1. The van der Waals surface area contributed by atoms with Crippen LogP contribution in [0.3, 0.4) is 0 Å². The number of carbonyl (C=O) groups is 1. The van der Waals surface area contributed by atoms with Gasteiger partial charge < -0.3 is 5.32 Å². The van der Waals surface area contributed by atoms with E-state index in [4.69, 9.17) is 18.0 Å². The van der Waals surface area contributed by atoms with E-state index in [2.05, 4.69) is 16.2 Å². The molecular formula is C14H11ClF3N3O. The molecule has 2 rings (SSSR count). The van der Waals surface area contributed by atoms with Gasteiger partial charge in [0.2, 0.25) is 0 Å². The zero-order valence-corrected chi connectivity index (χ0v) is 12.4. The van der Waals surface area contributed by atoms with E-state index >= 15 is 0 Å². The van der Waals surface area contributed by atoms with Crippen LogP contribution in [0.5, 0.6) is 0 Å². The molecule has 0 aliphatic carbocycles. The molecule has 22 heavy (non-hydrogen) atoms. The van der Waals surface area contributed by atoms with Gasteiger partial charge >= 0.3 is 6.18 Å². The molecule has 0 unspecified atom stereocenters. The monoisotopic (exact) mass is 329 g/mol. The molecule has 0 bridgehead atoms. The van der Waals surface area contributed by atoms with Gasteiger partial charge in [0.1, 0.15) is 11.3 Å². The van der Waals surface area contributed by atoms with E-state index < -0.39 is 29.0 Å². The summed E-state index contributed by atoms with van der Waals surface area (Å²) >= 11 is 5.74. The Kier molecular flexibility index (Phi) is 3.83. The summed E-state index contributed by atoms with van der Waals surface area (Å²) in [6.07, 6.45) is 1.70. The Morgan fingerprint density at radius 2 is 2.09 bits per heavy atom. The number of nitrogens with one attached hydrogen (secondary N) is 1. The number of terminal acetylenes is 1. The summed E-state index contributed by atoms with van der Waals surface area (Å²) in [5.74, 6) is 1.32. The van der Waals surface area contributed by atoms with Gasteiger partial charge in [-0.25, -0.2) is 4.98 Å². The van der Waals surface area contributed by atoms with Crippen LogP contribution in [0.4, 0.5) is 13.2 Å². The van der Waals surface area contributed by atoms with Crippen LogP contribution in [0.15, 0.2) is 18.3 Å². The molecule has 0 fully saturated rings. The first-order valence-electron chi connectivity index (χ1n) is 6.10. The summed E-state index contributed by atoms with van der Waals surface area (Å²) in [5.41, 5.74) is -3.11. The molecule has 2 heterocycles. The van der Waals surface area contributed by atoms with Crippen LogP contribution >= 0.6 is 11.6 Å². The highest BCUT2D eigenvalue weighted by molar-refractivity contribution is 6.30. The number of hydrogen-bond acceptors (Lipinski definition) is 2. The first kappa shape index (κ1) is 16.2. The second-order valence-electron chi connectivity index (χ2n) is 5.10. The second kappa shape index (κ2) is 5.21. The van der Waals surface area contributed by atoms with Gasteiger partial charge in [-0.05, 0) is 19.9 Å². The van der Waals surface area contributed by atoms with Crippen LogP contribution in [-0.2, 0) is 6.18 Å². The lowest BCUT2D eigenvalue weighted by Gasteiger charge is -2.20. The van der Waals surface area contributed by atoms with Gasteiger partial charge in [0.25, 0.3) is 5.91 Å². The zero-order chi connectivity index (χ0) is 16.7. The SMILES string of the molecule is C#CC(C)(C)NC(=O)c1c(C(F)(F)F)nc2cc(Cl)ccn12. The summed E-state index contributed by atoms with van der Waals surface area (Å²) in [7, 11) is 0. The molecule has 0 spiro atoms. The van der Waals surface area contributed by atoms with Crippen molar-refractivity contribution in [2.75, 3.05) is 0 Å². The molecule has 0 radical (unpaired) electrons. The van der Waals surface area contributed by atoms with Crippen LogP contribution in [0.25, 0.3) is 5.65 Å². The molecule has 0 saturated carbocycles. The fourth-order valence-electron chi connectivity index (χ4n) is 1.81. The minimum absolute atomic E-state index is 0.0801. The van der Waals surface area contributed by atoms with Gasteiger partial charge in [-0.2, -0.15) is 13.2 Å². The van der Waals surface area contributed by atoms with Crippen molar-refractivity contribution in [1.29, 1.82) is 0 Å². The third-order valence-electron chi connectivity index (χ3n) is 2.86. The van der Waals surface area contributed by atoms with Crippen molar-refractivity contribution in [2.24, 2.45) is 0 Å². The number of alkyl halides is 3. The third-order valence-corrected chi connectivity index (χ3v) is 3.09. The molecule has 0 aromatic carbocycles. The molecule has 2 aromatic heterocycles. The molecule has 0 saturated heterocycles. The van der Waals surface area contributed by atoms with Crippen molar-refractivity contribution in [3.63, 3.8) is 0 Å². The number of hydrogen-bond donors (Lipinski definition) is 1. The Hall–Kier alpha value is -2.20. The Balaban J connectivity index is 2.65. The lowest BCUT2D eigenvalue weighted by molar-refractivity contribution is -0.141. The number of carbonyl (C=O) groups excluding carboxylic acids is 1. The molecule has 116 valence electrons. The van der Waals surface area contributed by atoms with Gasteiger partial charge in [-0.3, -0.25) is 9.20 Å². The van der Waals surface area contributed by atoms with E-state index in [1.165, 1.54) is 32.2 Å². The zero-order valence-electron chi connectivity index (χ0n) is 11.6. The number of nitrogens with zero attached hydrogens (tertiary/aromatic N) is 2.